The van der Waals surface area contributed by atoms with Gasteiger partial charge in [0.05, 0.1) is 5.56 Å². The summed E-state index contributed by atoms with van der Waals surface area (Å²) in [7, 11) is 1.75. The summed E-state index contributed by atoms with van der Waals surface area (Å²) >= 11 is 0. The van der Waals surface area contributed by atoms with E-state index in [2.05, 4.69) is 10.2 Å². The molecule has 9 heteroatoms. The lowest BCUT2D eigenvalue weighted by molar-refractivity contribution is -0.142. The topological polar surface area (TPSA) is 99.0 Å². The maximum Gasteiger partial charge on any atom is 0.321 e. The van der Waals surface area contributed by atoms with E-state index in [1.807, 2.05) is 0 Å². The Kier molecular flexibility index (Phi) is 4.58. The first-order valence-electron chi connectivity index (χ1n) is 8.01. The van der Waals surface area contributed by atoms with Crippen molar-refractivity contribution in [2.45, 2.75) is 6.04 Å². The Morgan fingerprint density at radius 3 is 2.68 bits per heavy atom. The molecule has 134 valence electrons. The minimum Gasteiger partial charge on any atom is -0.366 e. The standard InChI is InChI=1S/C16H20FN5O3/c1-20-4-5-21-6-7-22(9-13(21)15(20)24)16(25)19-10-2-3-12(17)11(8-10)14(18)23/h2-3,8,13H,4-7,9H2,1H3,(H2,18,23)(H,19,25)/t13-/m0/s1. The predicted octanol–water partition coefficient (Wildman–Crippen LogP) is -0.0853. The minimum absolute atomic E-state index is 0.00143. The molecular weight excluding hydrogens is 329 g/mol. The Hall–Kier alpha value is -2.68. The maximum atomic E-state index is 13.5. The van der Waals surface area contributed by atoms with E-state index in [1.165, 1.54) is 12.1 Å². The number of hydrogen-bond acceptors (Lipinski definition) is 4. The molecule has 0 saturated carbocycles. The normalized spacial score (nSPS) is 21.0. The predicted molar refractivity (Wildman–Crippen MR) is 88.5 cm³/mol. The van der Waals surface area contributed by atoms with Gasteiger partial charge in [0.25, 0.3) is 5.91 Å². The summed E-state index contributed by atoms with van der Waals surface area (Å²) < 4.78 is 13.5. The highest BCUT2D eigenvalue weighted by atomic mass is 19.1. The largest absolute Gasteiger partial charge is 0.366 e. The molecule has 0 spiro atoms. The molecule has 0 bridgehead atoms. The number of anilines is 1. The molecule has 4 amide bonds. The third-order valence-corrected chi connectivity index (χ3v) is 4.65. The fourth-order valence-electron chi connectivity index (χ4n) is 3.14. The van der Waals surface area contributed by atoms with Gasteiger partial charge in [0.2, 0.25) is 5.91 Å². The first-order chi connectivity index (χ1) is 11.9. The molecule has 3 rings (SSSR count). The van der Waals surface area contributed by atoms with Gasteiger partial charge in [0.15, 0.2) is 0 Å². The van der Waals surface area contributed by atoms with Crippen molar-refractivity contribution in [3.63, 3.8) is 0 Å². The highest BCUT2D eigenvalue weighted by Crippen LogP contribution is 2.18. The van der Waals surface area contributed by atoms with Crippen molar-refractivity contribution in [3.05, 3.63) is 29.6 Å². The molecule has 2 heterocycles. The molecular formula is C16H20FN5O3. The summed E-state index contributed by atoms with van der Waals surface area (Å²) in [5, 5.41) is 2.62. The summed E-state index contributed by atoms with van der Waals surface area (Å²) in [5.74, 6) is -1.64. The van der Waals surface area contributed by atoms with E-state index >= 15 is 0 Å². The first kappa shape index (κ1) is 17.2. The van der Waals surface area contributed by atoms with Crippen LogP contribution in [0.5, 0.6) is 0 Å². The van der Waals surface area contributed by atoms with E-state index in [1.54, 1.807) is 16.8 Å². The molecule has 8 nitrogen and oxygen atoms in total. The lowest BCUT2D eigenvalue weighted by Crippen LogP contribution is -2.65. The van der Waals surface area contributed by atoms with E-state index < -0.39 is 17.8 Å². The second kappa shape index (κ2) is 6.67. The average Bonchev–Trinajstić information content (AvgIpc) is 2.59. The number of amides is 4. The summed E-state index contributed by atoms with van der Waals surface area (Å²) in [6.45, 7) is 2.88. The first-order valence-corrected chi connectivity index (χ1v) is 8.01. The number of carbonyl (C=O) groups excluding carboxylic acids is 3. The van der Waals surface area contributed by atoms with Crippen LogP contribution in [0.1, 0.15) is 10.4 Å². The molecule has 1 aromatic carbocycles. The van der Waals surface area contributed by atoms with Crippen LogP contribution in [0.2, 0.25) is 0 Å². The molecule has 0 aliphatic carbocycles. The number of hydrogen-bond donors (Lipinski definition) is 2. The number of nitrogens with two attached hydrogens (primary N) is 1. The molecule has 0 radical (unpaired) electrons. The summed E-state index contributed by atoms with van der Waals surface area (Å²) in [5.41, 5.74) is 5.10. The number of urea groups is 1. The fraction of sp³-hybridized carbons (Fsp3) is 0.438. The molecule has 1 aromatic rings. The van der Waals surface area contributed by atoms with Crippen LogP contribution in [0.3, 0.4) is 0 Å². The van der Waals surface area contributed by atoms with Crippen LogP contribution < -0.4 is 11.1 Å². The molecule has 2 aliphatic rings. The summed E-state index contributed by atoms with van der Waals surface area (Å²) in [4.78, 5) is 41.2. The van der Waals surface area contributed by atoms with Crippen LogP contribution in [0, 0.1) is 5.82 Å². The Bertz CT molecular complexity index is 726. The van der Waals surface area contributed by atoms with Gasteiger partial charge in [-0.25, -0.2) is 9.18 Å². The van der Waals surface area contributed by atoms with Crippen molar-refractivity contribution >= 4 is 23.5 Å². The van der Waals surface area contributed by atoms with Crippen LogP contribution in [-0.2, 0) is 4.79 Å². The SMILES string of the molecule is CN1CCN2CCN(C(=O)Nc3ccc(F)c(C(N)=O)c3)C[C@H]2C1=O. The third-order valence-electron chi connectivity index (χ3n) is 4.65. The van der Waals surface area contributed by atoms with Gasteiger partial charge >= 0.3 is 6.03 Å². The number of nitrogens with zero attached hydrogens (tertiary/aromatic N) is 3. The maximum absolute atomic E-state index is 13.5. The van der Waals surface area contributed by atoms with Crippen LogP contribution in [-0.4, -0.2) is 78.4 Å². The van der Waals surface area contributed by atoms with Gasteiger partial charge in [-0.2, -0.15) is 0 Å². The number of halogens is 1. The van der Waals surface area contributed by atoms with Crippen molar-refractivity contribution in [2.75, 3.05) is 45.1 Å². The Labute approximate surface area is 144 Å². The zero-order valence-corrected chi connectivity index (χ0v) is 13.9. The van der Waals surface area contributed by atoms with E-state index in [4.69, 9.17) is 5.73 Å². The number of piperazine rings is 2. The van der Waals surface area contributed by atoms with Crippen LogP contribution in [0.4, 0.5) is 14.9 Å². The van der Waals surface area contributed by atoms with E-state index in [0.717, 1.165) is 12.6 Å². The molecule has 0 unspecified atom stereocenters. The van der Waals surface area contributed by atoms with Crippen molar-refractivity contribution in [1.29, 1.82) is 0 Å². The van der Waals surface area contributed by atoms with Crippen molar-refractivity contribution < 1.29 is 18.8 Å². The number of rotatable bonds is 2. The van der Waals surface area contributed by atoms with Gasteiger partial charge in [-0.1, -0.05) is 0 Å². The highest BCUT2D eigenvalue weighted by Gasteiger charge is 2.38. The lowest BCUT2D eigenvalue weighted by Gasteiger charge is -2.45. The average molecular weight is 349 g/mol. The van der Waals surface area contributed by atoms with Gasteiger partial charge in [0.1, 0.15) is 11.9 Å². The lowest BCUT2D eigenvalue weighted by atomic mass is 10.1. The summed E-state index contributed by atoms with van der Waals surface area (Å²) in [6, 6.07) is 2.89. The molecule has 2 fully saturated rings. The van der Waals surface area contributed by atoms with Crippen LogP contribution in [0.15, 0.2) is 18.2 Å². The second-order valence-corrected chi connectivity index (χ2v) is 6.25. The third kappa shape index (κ3) is 3.41. The highest BCUT2D eigenvalue weighted by molar-refractivity contribution is 5.96. The number of nitrogens with one attached hydrogen (secondary N) is 1. The fourth-order valence-corrected chi connectivity index (χ4v) is 3.14. The molecule has 2 aliphatic heterocycles. The molecule has 1 atom stereocenters. The van der Waals surface area contributed by atoms with Gasteiger partial charge in [-0.05, 0) is 18.2 Å². The van der Waals surface area contributed by atoms with Crippen LogP contribution >= 0.6 is 0 Å². The van der Waals surface area contributed by atoms with E-state index in [-0.39, 0.29) is 23.2 Å². The number of carbonyl (C=O) groups is 3. The van der Waals surface area contributed by atoms with Crippen LogP contribution in [0.25, 0.3) is 0 Å². The summed E-state index contributed by atoms with van der Waals surface area (Å²) in [6.07, 6.45) is 0. The molecule has 3 N–H and O–H groups in total. The van der Waals surface area contributed by atoms with Gasteiger partial charge in [0, 0.05) is 45.5 Å². The zero-order valence-electron chi connectivity index (χ0n) is 13.9. The monoisotopic (exact) mass is 349 g/mol. The van der Waals surface area contributed by atoms with Crippen molar-refractivity contribution in [3.8, 4) is 0 Å². The van der Waals surface area contributed by atoms with Gasteiger partial charge < -0.3 is 20.9 Å². The number of primary amides is 1. The van der Waals surface area contributed by atoms with E-state index in [9.17, 15) is 18.8 Å². The zero-order chi connectivity index (χ0) is 18.1. The Balaban J connectivity index is 1.69. The van der Waals surface area contributed by atoms with Gasteiger partial charge in [-0.15, -0.1) is 0 Å². The number of benzene rings is 1. The second-order valence-electron chi connectivity index (χ2n) is 6.25. The Morgan fingerprint density at radius 1 is 1.24 bits per heavy atom. The molecule has 2 saturated heterocycles. The van der Waals surface area contributed by atoms with Crippen molar-refractivity contribution in [1.82, 2.24) is 14.7 Å². The van der Waals surface area contributed by atoms with Crippen molar-refractivity contribution in [2.24, 2.45) is 5.73 Å². The minimum atomic E-state index is -0.905. The number of likely N-dealkylation sites (N-methyl/N-ethyl adjacent to an activating group) is 1. The smallest absolute Gasteiger partial charge is 0.321 e. The van der Waals surface area contributed by atoms with Gasteiger partial charge in [-0.3, -0.25) is 14.5 Å². The van der Waals surface area contributed by atoms with E-state index in [0.29, 0.717) is 26.2 Å². The molecule has 25 heavy (non-hydrogen) atoms. The Morgan fingerprint density at radius 2 is 1.96 bits per heavy atom. The quantitative estimate of drug-likeness (QED) is 0.780. The number of fused-ring (bicyclic) bond motifs is 1. The molecule has 0 aromatic heterocycles.